The standard InChI is InChI=1S/C24H28N4O3/c1-4-30-21-11-9-20(10-12-21)24(29)28-15-13-27(14-16-28)18(3)23-25-22(26-31-23)19-7-5-17(2)6-8-19/h5-12,18H,4,13-16H2,1-3H3. The quantitative estimate of drug-likeness (QED) is 0.601. The van der Waals surface area contributed by atoms with Crippen LogP contribution in [0.2, 0.25) is 0 Å². The molecule has 1 unspecified atom stereocenters. The molecule has 2 heterocycles. The van der Waals surface area contributed by atoms with E-state index >= 15 is 0 Å². The lowest BCUT2D eigenvalue weighted by Gasteiger charge is -2.36. The lowest BCUT2D eigenvalue weighted by Crippen LogP contribution is -2.49. The third-order valence-corrected chi connectivity index (χ3v) is 5.67. The van der Waals surface area contributed by atoms with Crippen molar-refractivity contribution in [2.24, 2.45) is 0 Å². The third-order valence-electron chi connectivity index (χ3n) is 5.67. The molecule has 162 valence electrons. The van der Waals surface area contributed by atoms with Crippen molar-refractivity contribution >= 4 is 5.91 Å². The highest BCUT2D eigenvalue weighted by Gasteiger charge is 2.28. The molecule has 7 heteroatoms. The maximum atomic E-state index is 12.8. The summed E-state index contributed by atoms with van der Waals surface area (Å²) >= 11 is 0. The number of nitrogens with zero attached hydrogens (tertiary/aromatic N) is 4. The van der Waals surface area contributed by atoms with Crippen molar-refractivity contribution in [2.75, 3.05) is 32.8 Å². The molecule has 31 heavy (non-hydrogen) atoms. The Kier molecular flexibility index (Phi) is 6.32. The maximum Gasteiger partial charge on any atom is 0.253 e. The van der Waals surface area contributed by atoms with Crippen LogP contribution in [0.4, 0.5) is 0 Å². The normalized spacial score (nSPS) is 15.6. The largest absolute Gasteiger partial charge is 0.494 e. The number of aromatic nitrogens is 2. The topological polar surface area (TPSA) is 71.7 Å². The van der Waals surface area contributed by atoms with Gasteiger partial charge in [-0.15, -0.1) is 0 Å². The second kappa shape index (κ2) is 9.31. The van der Waals surface area contributed by atoms with E-state index in [9.17, 15) is 4.79 Å². The molecule has 7 nitrogen and oxygen atoms in total. The molecule has 0 aliphatic carbocycles. The first-order valence-corrected chi connectivity index (χ1v) is 10.7. The van der Waals surface area contributed by atoms with E-state index in [0.29, 0.717) is 37.0 Å². The number of hydrogen-bond donors (Lipinski definition) is 0. The summed E-state index contributed by atoms with van der Waals surface area (Å²) in [6, 6.07) is 15.4. The molecule has 0 N–H and O–H groups in total. The Bertz CT molecular complexity index is 1010. The van der Waals surface area contributed by atoms with E-state index in [4.69, 9.17) is 9.26 Å². The van der Waals surface area contributed by atoms with Gasteiger partial charge in [0.1, 0.15) is 5.75 Å². The Morgan fingerprint density at radius 2 is 1.74 bits per heavy atom. The fraction of sp³-hybridized carbons (Fsp3) is 0.375. The van der Waals surface area contributed by atoms with Gasteiger partial charge in [-0.1, -0.05) is 35.0 Å². The van der Waals surface area contributed by atoms with Crippen LogP contribution in [0.3, 0.4) is 0 Å². The van der Waals surface area contributed by atoms with Crippen LogP contribution < -0.4 is 4.74 Å². The van der Waals surface area contributed by atoms with Crippen LogP contribution in [0.1, 0.15) is 41.7 Å². The van der Waals surface area contributed by atoms with Gasteiger partial charge in [-0.05, 0) is 45.0 Å². The first-order chi connectivity index (χ1) is 15.0. The summed E-state index contributed by atoms with van der Waals surface area (Å²) in [6.07, 6.45) is 0. The molecule has 3 aromatic rings. The number of ether oxygens (including phenoxy) is 1. The molecule has 0 saturated carbocycles. The van der Waals surface area contributed by atoms with Gasteiger partial charge in [0.2, 0.25) is 11.7 Å². The lowest BCUT2D eigenvalue weighted by atomic mass is 10.1. The van der Waals surface area contributed by atoms with Crippen LogP contribution in [0.25, 0.3) is 11.4 Å². The molecule has 1 saturated heterocycles. The molecule has 0 radical (unpaired) electrons. The zero-order valence-corrected chi connectivity index (χ0v) is 18.2. The highest BCUT2D eigenvalue weighted by molar-refractivity contribution is 5.94. The number of hydrogen-bond acceptors (Lipinski definition) is 6. The first kappa shape index (κ1) is 21.1. The second-order valence-corrected chi connectivity index (χ2v) is 7.78. The smallest absolute Gasteiger partial charge is 0.253 e. The van der Waals surface area contributed by atoms with Gasteiger partial charge in [0.15, 0.2) is 0 Å². The average Bonchev–Trinajstić information content (AvgIpc) is 3.30. The van der Waals surface area contributed by atoms with Gasteiger partial charge in [0, 0.05) is 37.3 Å². The van der Waals surface area contributed by atoms with E-state index in [0.717, 1.165) is 24.4 Å². The molecule has 1 fully saturated rings. The highest BCUT2D eigenvalue weighted by Crippen LogP contribution is 2.24. The Morgan fingerprint density at radius 3 is 2.39 bits per heavy atom. The van der Waals surface area contributed by atoms with E-state index in [1.165, 1.54) is 5.56 Å². The van der Waals surface area contributed by atoms with Crippen molar-refractivity contribution in [1.29, 1.82) is 0 Å². The van der Waals surface area contributed by atoms with Crippen LogP contribution in [0.5, 0.6) is 5.75 Å². The van der Waals surface area contributed by atoms with Crippen molar-refractivity contribution in [1.82, 2.24) is 19.9 Å². The van der Waals surface area contributed by atoms with Crippen LogP contribution in [0.15, 0.2) is 53.1 Å². The van der Waals surface area contributed by atoms with Crippen LogP contribution in [-0.2, 0) is 0 Å². The lowest BCUT2D eigenvalue weighted by molar-refractivity contribution is 0.0551. The number of aryl methyl sites for hydroxylation is 1. The molecular weight excluding hydrogens is 392 g/mol. The van der Waals surface area contributed by atoms with Crippen LogP contribution >= 0.6 is 0 Å². The van der Waals surface area contributed by atoms with Crippen LogP contribution in [-0.4, -0.2) is 58.6 Å². The van der Waals surface area contributed by atoms with Gasteiger partial charge in [-0.2, -0.15) is 4.98 Å². The second-order valence-electron chi connectivity index (χ2n) is 7.78. The summed E-state index contributed by atoms with van der Waals surface area (Å²) in [7, 11) is 0. The van der Waals surface area contributed by atoms with E-state index in [1.54, 1.807) is 0 Å². The minimum absolute atomic E-state index is 0.00516. The Balaban J connectivity index is 1.35. The molecular formula is C24H28N4O3. The number of piperazine rings is 1. The third kappa shape index (κ3) is 4.77. The molecule has 1 amide bonds. The number of carbonyl (C=O) groups excluding carboxylic acids is 1. The number of benzene rings is 2. The summed E-state index contributed by atoms with van der Waals surface area (Å²) < 4.78 is 11.0. The molecule has 1 aliphatic heterocycles. The van der Waals surface area contributed by atoms with Gasteiger partial charge in [0.05, 0.1) is 12.6 Å². The van der Waals surface area contributed by atoms with Crippen LogP contribution in [0, 0.1) is 6.92 Å². The van der Waals surface area contributed by atoms with Gasteiger partial charge in [0.25, 0.3) is 5.91 Å². The van der Waals surface area contributed by atoms with Gasteiger partial charge < -0.3 is 14.2 Å². The number of rotatable bonds is 6. The molecule has 4 rings (SSSR count). The summed E-state index contributed by atoms with van der Waals surface area (Å²) in [5.41, 5.74) is 2.82. The molecule has 1 atom stereocenters. The van der Waals surface area contributed by atoms with Crippen molar-refractivity contribution in [3.8, 4) is 17.1 Å². The summed E-state index contributed by atoms with van der Waals surface area (Å²) in [4.78, 5) is 21.6. The fourth-order valence-corrected chi connectivity index (χ4v) is 3.74. The van der Waals surface area contributed by atoms with Gasteiger partial charge >= 0.3 is 0 Å². The van der Waals surface area contributed by atoms with Crippen molar-refractivity contribution in [3.63, 3.8) is 0 Å². The summed E-state index contributed by atoms with van der Waals surface area (Å²) in [5.74, 6) is 2.03. The Labute approximate surface area is 182 Å². The number of amides is 1. The highest BCUT2D eigenvalue weighted by atomic mass is 16.5. The van der Waals surface area contributed by atoms with E-state index in [2.05, 4.69) is 22.0 Å². The van der Waals surface area contributed by atoms with E-state index in [-0.39, 0.29) is 11.9 Å². The van der Waals surface area contributed by atoms with Gasteiger partial charge in [-0.3, -0.25) is 9.69 Å². The minimum Gasteiger partial charge on any atom is -0.494 e. The van der Waals surface area contributed by atoms with Gasteiger partial charge in [-0.25, -0.2) is 0 Å². The minimum atomic E-state index is -0.00516. The zero-order valence-electron chi connectivity index (χ0n) is 18.2. The number of carbonyl (C=O) groups is 1. The van der Waals surface area contributed by atoms with E-state index in [1.807, 2.05) is 67.3 Å². The fourth-order valence-electron chi connectivity index (χ4n) is 3.74. The first-order valence-electron chi connectivity index (χ1n) is 10.7. The summed E-state index contributed by atoms with van der Waals surface area (Å²) in [5, 5.41) is 4.15. The SMILES string of the molecule is CCOc1ccc(C(=O)N2CCN(C(C)c3nc(-c4ccc(C)cc4)no3)CC2)cc1. The molecule has 1 aromatic heterocycles. The van der Waals surface area contributed by atoms with Crippen molar-refractivity contribution in [2.45, 2.75) is 26.8 Å². The zero-order chi connectivity index (χ0) is 21.8. The Morgan fingerprint density at radius 1 is 1.06 bits per heavy atom. The van der Waals surface area contributed by atoms with E-state index < -0.39 is 0 Å². The average molecular weight is 421 g/mol. The van der Waals surface area contributed by atoms with Crippen molar-refractivity contribution in [3.05, 3.63) is 65.5 Å². The molecule has 0 spiro atoms. The molecule has 2 aromatic carbocycles. The molecule has 0 bridgehead atoms. The monoisotopic (exact) mass is 420 g/mol. The predicted octanol–water partition coefficient (Wildman–Crippen LogP) is 3.96. The molecule has 1 aliphatic rings. The Hall–Kier alpha value is -3.19. The van der Waals surface area contributed by atoms with Crippen molar-refractivity contribution < 1.29 is 14.1 Å². The predicted molar refractivity (Wildman–Crippen MR) is 118 cm³/mol. The summed E-state index contributed by atoms with van der Waals surface area (Å²) in [6.45, 7) is 9.50. The maximum absolute atomic E-state index is 12.8.